The van der Waals surface area contributed by atoms with Crippen molar-refractivity contribution in [3.63, 3.8) is 0 Å². The first-order valence-corrected chi connectivity index (χ1v) is 6.63. The number of amides is 2. The molecule has 1 aliphatic heterocycles. The summed E-state index contributed by atoms with van der Waals surface area (Å²) >= 11 is 5.78. The first kappa shape index (κ1) is 12.8. The number of nitrogens with one attached hydrogen (secondary N) is 2. The minimum Gasteiger partial charge on any atom is -0.492 e. The highest BCUT2D eigenvalue weighted by atomic mass is 35.5. The summed E-state index contributed by atoms with van der Waals surface area (Å²) < 4.78 is 1.82. The van der Waals surface area contributed by atoms with Crippen LogP contribution in [0.2, 0.25) is 5.02 Å². The van der Waals surface area contributed by atoms with Gasteiger partial charge in [-0.1, -0.05) is 11.6 Å². The Labute approximate surface area is 120 Å². The molecular weight excluding hydrogens is 280 g/mol. The van der Waals surface area contributed by atoms with Gasteiger partial charge < -0.3 is 15.0 Å². The van der Waals surface area contributed by atoms with Gasteiger partial charge in [-0.15, -0.1) is 0 Å². The Hall–Kier alpha value is -2.21. The SMILES string of the molecule is O=C(Nc1ccc(Cl)cc1)Nc1nc(O)c2n1CCC2. The summed E-state index contributed by atoms with van der Waals surface area (Å²) in [7, 11) is 0. The van der Waals surface area contributed by atoms with E-state index in [1.54, 1.807) is 24.3 Å². The lowest BCUT2D eigenvalue weighted by molar-refractivity contribution is 0.262. The molecule has 0 saturated carbocycles. The van der Waals surface area contributed by atoms with Crippen molar-refractivity contribution >= 4 is 29.3 Å². The molecule has 20 heavy (non-hydrogen) atoms. The van der Waals surface area contributed by atoms with Gasteiger partial charge in [-0.25, -0.2) is 4.79 Å². The Kier molecular flexibility index (Phi) is 3.23. The van der Waals surface area contributed by atoms with Gasteiger partial charge in [0.1, 0.15) is 0 Å². The molecule has 7 heteroatoms. The van der Waals surface area contributed by atoms with Gasteiger partial charge in [-0.2, -0.15) is 4.98 Å². The van der Waals surface area contributed by atoms with E-state index in [2.05, 4.69) is 15.6 Å². The van der Waals surface area contributed by atoms with Crippen LogP contribution in [0.15, 0.2) is 24.3 Å². The Morgan fingerprint density at radius 2 is 2.05 bits per heavy atom. The molecule has 0 bridgehead atoms. The topological polar surface area (TPSA) is 79.2 Å². The highest BCUT2D eigenvalue weighted by Crippen LogP contribution is 2.28. The van der Waals surface area contributed by atoms with Crippen LogP contribution in [0.3, 0.4) is 0 Å². The number of hydrogen-bond acceptors (Lipinski definition) is 3. The molecule has 0 saturated heterocycles. The molecule has 1 aliphatic rings. The second-order valence-corrected chi connectivity index (χ2v) is 4.98. The summed E-state index contributed by atoms with van der Waals surface area (Å²) in [5.41, 5.74) is 1.40. The average Bonchev–Trinajstić information content (AvgIpc) is 2.98. The summed E-state index contributed by atoms with van der Waals surface area (Å²) in [5.74, 6) is 0.353. The average molecular weight is 293 g/mol. The molecule has 2 aromatic rings. The van der Waals surface area contributed by atoms with E-state index in [0.717, 1.165) is 25.1 Å². The fourth-order valence-corrected chi connectivity index (χ4v) is 2.38. The molecule has 1 aromatic carbocycles. The summed E-state index contributed by atoms with van der Waals surface area (Å²) in [6.45, 7) is 0.749. The lowest BCUT2D eigenvalue weighted by Crippen LogP contribution is -2.21. The fraction of sp³-hybridized carbons (Fsp3) is 0.231. The molecule has 0 fully saturated rings. The number of rotatable bonds is 2. The molecule has 3 rings (SSSR count). The van der Waals surface area contributed by atoms with Gasteiger partial charge >= 0.3 is 6.03 Å². The number of hydrogen-bond donors (Lipinski definition) is 3. The summed E-state index contributed by atoms with van der Waals surface area (Å²) in [6, 6.07) is 6.38. The zero-order valence-electron chi connectivity index (χ0n) is 10.6. The van der Waals surface area contributed by atoms with E-state index in [1.165, 1.54) is 0 Å². The largest absolute Gasteiger partial charge is 0.492 e. The summed E-state index contributed by atoms with van der Waals surface area (Å²) in [6.07, 6.45) is 1.72. The van der Waals surface area contributed by atoms with Crippen molar-refractivity contribution in [1.29, 1.82) is 0 Å². The third-order valence-electron chi connectivity index (χ3n) is 3.17. The van der Waals surface area contributed by atoms with Crippen molar-refractivity contribution in [3.8, 4) is 5.88 Å². The highest BCUT2D eigenvalue weighted by molar-refractivity contribution is 6.30. The highest BCUT2D eigenvalue weighted by Gasteiger charge is 2.22. The minimum atomic E-state index is -0.410. The van der Waals surface area contributed by atoms with Gasteiger partial charge in [-0.05, 0) is 37.1 Å². The first-order chi connectivity index (χ1) is 9.63. The fourth-order valence-electron chi connectivity index (χ4n) is 2.26. The number of anilines is 2. The number of imidazole rings is 1. The number of nitrogens with zero attached hydrogens (tertiary/aromatic N) is 2. The first-order valence-electron chi connectivity index (χ1n) is 6.25. The van der Waals surface area contributed by atoms with Crippen molar-refractivity contribution in [1.82, 2.24) is 9.55 Å². The lowest BCUT2D eigenvalue weighted by Gasteiger charge is -2.08. The van der Waals surface area contributed by atoms with Crippen molar-refractivity contribution in [2.75, 3.05) is 10.6 Å². The number of halogens is 1. The van der Waals surface area contributed by atoms with Crippen LogP contribution in [-0.4, -0.2) is 20.7 Å². The molecule has 6 nitrogen and oxygen atoms in total. The molecule has 0 unspecified atom stereocenters. The van der Waals surface area contributed by atoms with E-state index in [-0.39, 0.29) is 5.88 Å². The van der Waals surface area contributed by atoms with Crippen LogP contribution in [-0.2, 0) is 13.0 Å². The Balaban J connectivity index is 1.70. The van der Waals surface area contributed by atoms with Crippen molar-refractivity contribution < 1.29 is 9.90 Å². The molecule has 104 valence electrons. The molecular formula is C13H13ClN4O2. The molecule has 0 radical (unpaired) electrons. The van der Waals surface area contributed by atoms with Gasteiger partial charge in [-0.3, -0.25) is 5.32 Å². The molecule has 0 atom stereocenters. The monoisotopic (exact) mass is 292 g/mol. The second-order valence-electron chi connectivity index (χ2n) is 4.55. The van der Waals surface area contributed by atoms with Crippen LogP contribution in [0.25, 0.3) is 0 Å². The van der Waals surface area contributed by atoms with E-state index in [0.29, 0.717) is 16.7 Å². The van der Waals surface area contributed by atoms with Gasteiger partial charge in [0, 0.05) is 17.3 Å². The molecule has 3 N–H and O–H groups in total. The maximum absolute atomic E-state index is 11.9. The molecule has 0 spiro atoms. The Morgan fingerprint density at radius 3 is 2.80 bits per heavy atom. The normalized spacial score (nSPS) is 13.1. The standard InChI is InChI=1S/C13H13ClN4O2/c14-8-3-5-9(6-4-8)15-13(20)17-12-16-11(19)10-2-1-7-18(10)12/h3-6,19H,1-2,7H2,(H2,15,16,17,20). The number of carbonyl (C=O) groups excluding carboxylic acids is 1. The summed E-state index contributed by atoms with van der Waals surface area (Å²) in [4.78, 5) is 15.8. The predicted octanol–water partition coefficient (Wildman–Crippen LogP) is 2.83. The van der Waals surface area contributed by atoms with Crippen molar-refractivity contribution in [3.05, 3.63) is 35.0 Å². The van der Waals surface area contributed by atoms with Gasteiger partial charge in [0.05, 0.1) is 5.69 Å². The smallest absolute Gasteiger partial charge is 0.326 e. The van der Waals surface area contributed by atoms with Crippen LogP contribution in [0.5, 0.6) is 5.88 Å². The number of urea groups is 1. The van der Waals surface area contributed by atoms with E-state index in [4.69, 9.17) is 11.6 Å². The zero-order chi connectivity index (χ0) is 14.1. The maximum Gasteiger partial charge on any atom is 0.326 e. The Bertz CT molecular complexity index is 651. The van der Waals surface area contributed by atoms with Crippen LogP contribution < -0.4 is 10.6 Å². The third-order valence-corrected chi connectivity index (χ3v) is 3.43. The lowest BCUT2D eigenvalue weighted by atomic mass is 10.3. The third kappa shape index (κ3) is 2.42. The molecule has 2 amide bonds. The minimum absolute atomic E-state index is 0.00991. The van der Waals surface area contributed by atoms with E-state index < -0.39 is 6.03 Å². The Morgan fingerprint density at radius 1 is 1.30 bits per heavy atom. The van der Waals surface area contributed by atoms with Gasteiger partial charge in [0.25, 0.3) is 0 Å². The molecule has 1 aromatic heterocycles. The van der Waals surface area contributed by atoms with Crippen LogP contribution >= 0.6 is 11.6 Å². The van der Waals surface area contributed by atoms with Crippen LogP contribution in [0.4, 0.5) is 16.4 Å². The van der Waals surface area contributed by atoms with Gasteiger partial charge in [0.15, 0.2) is 0 Å². The molecule has 0 aliphatic carbocycles. The van der Waals surface area contributed by atoms with Crippen molar-refractivity contribution in [2.24, 2.45) is 0 Å². The van der Waals surface area contributed by atoms with Crippen LogP contribution in [0, 0.1) is 0 Å². The number of fused-ring (bicyclic) bond motifs is 1. The van der Waals surface area contributed by atoms with Crippen molar-refractivity contribution in [2.45, 2.75) is 19.4 Å². The van der Waals surface area contributed by atoms with Gasteiger partial charge in [0.2, 0.25) is 11.8 Å². The second kappa shape index (κ2) is 5.05. The number of aromatic nitrogens is 2. The number of benzene rings is 1. The zero-order valence-corrected chi connectivity index (χ0v) is 11.3. The maximum atomic E-state index is 11.9. The quantitative estimate of drug-likeness (QED) is 0.796. The van der Waals surface area contributed by atoms with E-state index >= 15 is 0 Å². The summed E-state index contributed by atoms with van der Waals surface area (Å²) in [5, 5.41) is 15.6. The van der Waals surface area contributed by atoms with E-state index in [9.17, 15) is 9.90 Å². The van der Waals surface area contributed by atoms with E-state index in [1.807, 2.05) is 4.57 Å². The van der Waals surface area contributed by atoms with Crippen LogP contribution in [0.1, 0.15) is 12.1 Å². The predicted molar refractivity (Wildman–Crippen MR) is 76.3 cm³/mol. The number of carbonyl (C=O) groups is 1. The molecule has 2 heterocycles. The number of aromatic hydroxyl groups is 1.